The molecule has 9 heteroatoms. The molecule has 4 N–H and O–H groups in total. The lowest BCUT2D eigenvalue weighted by molar-refractivity contribution is -0.237. The molecule has 0 spiro atoms. The molecule has 174 valence electrons. The molecule has 0 aliphatic carbocycles. The number of anilines is 1. The Morgan fingerprint density at radius 2 is 1.74 bits per heavy atom. The average Bonchev–Trinajstić information content (AvgIpc) is 2.61. The van der Waals surface area contributed by atoms with Crippen LogP contribution in [-0.2, 0) is 14.3 Å². The highest BCUT2D eigenvalue weighted by atomic mass is 16.7. The summed E-state index contributed by atoms with van der Waals surface area (Å²) < 4.78 is 16.9. The van der Waals surface area contributed by atoms with Crippen LogP contribution in [0.1, 0.15) is 48.0 Å². The van der Waals surface area contributed by atoms with E-state index in [2.05, 4.69) is 5.32 Å². The maximum absolute atomic E-state index is 12.3. The van der Waals surface area contributed by atoms with Crippen molar-refractivity contribution in [1.29, 1.82) is 0 Å². The molecule has 1 amide bonds. The van der Waals surface area contributed by atoms with Crippen molar-refractivity contribution >= 4 is 17.6 Å². The van der Waals surface area contributed by atoms with Gasteiger partial charge in [0.05, 0.1) is 12.7 Å². The molecule has 9 nitrogen and oxygen atoms in total. The molecule has 1 aliphatic heterocycles. The highest BCUT2D eigenvalue weighted by Gasteiger charge is 2.41. The van der Waals surface area contributed by atoms with Gasteiger partial charge in [-0.25, -0.2) is 4.79 Å². The zero-order valence-electron chi connectivity index (χ0n) is 18.8. The first-order valence-electron chi connectivity index (χ1n) is 10.2. The van der Waals surface area contributed by atoms with Crippen LogP contribution in [0.25, 0.3) is 0 Å². The van der Waals surface area contributed by atoms with Crippen LogP contribution in [0.15, 0.2) is 18.2 Å². The summed E-state index contributed by atoms with van der Waals surface area (Å²) in [7, 11) is 0. The number of carbonyl (C=O) groups excluding carboxylic acids is 1. The van der Waals surface area contributed by atoms with Crippen molar-refractivity contribution < 1.29 is 39.1 Å². The zero-order chi connectivity index (χ0) is 23.6. The Morgan fingerprint density at radius 1 is 1.10 bits per heavy atom. The third-order valence-electron chi connectivity index (χ3n) is 4.46. The predicted molar refractivity (Wildman–Crippen MR) is 113 cm³/mol. The van der Waals surface area contributed by atoms with Crippen molar-refractivity contribution in [2.24, 2.45) is 10.8 Å². The molecule has 4 atom stereocenters. The number of benzene rings is 1. The molecule has 31 heavy (non-hydrogen) atoms. The molecular weight excluding hydrogens is 406 g/mol. The molecule has 2 rings (SSSR count). The van der Waals surface area contributed by atoms with Gasteiger partial charge in [0, 0.05) is 23.6 Å². The summed E-state index contributed by atoms with van der Waals surface area (Å²) in [6.45, 7) is 11.7. The zero-order valence-corrected chi connectivity index (χ0v) is 18.8. The molecule has 1 fully saturated rings. The van der Waals surface area contributed by atoms with Gasteiger partial charge >= 0.3 is 5.97 Å². The minimum absolute atomic E-state index is 0.165. The number of nitrogens with one attached hydrogen (secondary N) is 1. The Balaban J connectivity index is 2.27. The van der Waals surface area contributed by atoms with Crippen LogP contribution < -0.4 is 14.8 Å². The average molecular weight is 440 g/mol. The van der Waals surface area contributed by atoms with Crippen molar-refractivity contribution in [3.8, 4) is 11.5 Å². The number of aliphatic carboxylic acids is 1. The molecule has 1 aromatic rings. The van der Waals surface area contributed by atoms with Crippen LogP contribution in [-0.4, -0.2) is 58.4 Å². The summed E-state index contributed by atoms with van der Waals surface area (Å²) in [6, 6.07) is 4.76. The molecule has 0 aromatic heterocycles. The van der Waals surface area contributed by atoms with Gasteiger partial charge in [0.2, 0.25) is 12.2 Å². The van der Waals surface area contributed by atoms with Gasteiger partial charge in [-0.1, -0.05) is 41.5 Å². The van der Waals surface area contributed by atoms with Crippen molar-refractivity contribution in [2.45, 2.75) is 72.6 Å². The summed E-state index contributed by atoms with van der Waals surface area (Å²) in [4.78, 5) is 23.6. The number of aliphatic hydroxyl groups is 2. The number of hydrogen-bond donors (Lipinski definition) is 4. The van der Waals surface area contributed by atoms with Gasteiger partial charge < -0.3 is 34.8 Å². The van der Waals surface area contributed by atoms with Gasteiger partial charge in [0.15, 0.2) is 17.6 Å². The summed E-state index contributed by atoms with van der Waals surface area (Å²) >= 11 is 0. The third-order valence-corrected chi connectivity index (χ3v) is 4.46. The lowest BCUT2D eigenvalue weighted by Gasteiger charge is -2.35. The van der Waals surface area contributed by atoms with Gasteiger partial charge in [-0.2, -0.15) is 0 Å². The standard InChI is InChI=1S/C22H33NO8/c1-21(2,3)11-29-16-9-12(23-20(28)22(4,5)6)7-8-15(16)30-19-14(25)10-13(24)17(31-19)18(26)27/h7-9,13-14,17,19,24-25H,10-11H2,1-6H3,(H,23,28)(H,26,27)/t13-,14+,17-,19+/m0/s1. The maximum atomic E-state index is 12.3. The van der Waals surface area contributed by atoms with Gasteiger partial charge in [0.1, 0.15) is 6.10 Å². The van der Waals surface area contributed by atoms with E-state index in [1.54, 1.807) is 39.0 Å². The first-order chi connectivity index (χ1) is 14.2. The quantitative estimate of drug-likeness (QED) is 0.531. The number of ether oxygens (including phenoxy) is 3. The highest BCUT2D eigenvalue weighted by molar-refractivity contribution is 5.94. The maximum Gasteiger partial charge on any atom is 0.335 e. The summed E-state index contributed by atoms with van der Waals surface area (Å²) in [5.41, 5.74) is -0.254. The van der Waals surface area contributed by atoms with Gasteiger partial charge in [0.25, 0.3) is 0 Å². The van der Waals surface area contributed by atoms with E-state index in [4.69, 9.17) is 14.2 Å². The molecule has 1 aliphatic rings. The SMILES string of the molecule is CC(C)(C)COc1cc(NC(=O)C(C)(C)C)ccc1O[C@@H]1O[C@H](C(=O)O)[C@@H](O)C[C@H]1O. The molecule has 1 heterocycles. The molecular formula is C22H33NO8. The van der Waals surface area contributed by atoms with Crippen LogP contribution in [0.3, 0.4) is 0 Å². The Morgan fingerprint density at radius 3 is 2.29 bits per heavy atom. The second-order valence-corrected chi connectivity index (χ2v) is 9.97. The van der Waals surface area contributed by atoms with E-state index >= 15 is 0 Å². The lowest BCUT2D eigenvalue weighted by atomic mass is 9.95. The summed E-state index contributed by atoms with van der Waals surface area (Å²) in [5.74, 6) is -1.01. The van der Waals surface area contributed by atoms with Gasteiger partial charge in [-0.3, -0.25) is 4.79 Å². The third kappa shape index (κ3) is 7.09. The first kappa shape index (κ1) is 24.9. The second-order valence-electron chi connectivity index (χ2n) is 9.97. The molecule has 0 bridgehead atoms. The van der Waals surface area contributed by atoms with E-state index in [1.807, 2.05) is 20.8 Å². The normalized spacial score (nSPS) is 24.4. The van der Waals surface area contributed by atoms with Crippen LogP contribution in [0, 0.1) is 10.8 Å². The van der Waals surface area contributed by atoms with Gasteiger partial charge in [-0.15, -0.1) is 0 Å². The van der Waals surface area contributed by atoms with Crippen LogP contribution in [0.4, 0.5) is 5.69 Å². The lowest BCUT2D eigenvalue weighted by Crippen LogP contribution is -2.52. The Kier molecular flexibility index (Phi) is 7.57. The topological polar surface area (TPSA) is 135 Å². The van der Waals surface area contributed by atoms with E-state index in [-0.39, 0.29) is 23.5 Å². The molecule has 0 saturated carbocycles. The van der Waals surface area contributed by atoms with Crippen LogP contribution >= 0.6 is 0 Å². The van der Waals surface area contributed by atoms with Gasteiger partial charge in [-0.05, 0) is 17.5 Å². The van der Waals surface area contributed by atoms with Crippen molar-refractivity contribution in [3.63, 3.8) is 0 Å². The molecule has 1 aromatic carbocycles. The second kappa shape index (κ2) is 9.42. The number of amides is 1. The predicted octanol–water partition coefficient (Wildman–Crippen LogP) is 2.40. The molecule has 0 radical (unpaired) electrons. The first-order valence-corrected chi connectivity index (χ1v) is 10.2. The number of hydrogen-bond acceptors (Lipinski definition) is 7. The number of carboxylic acids is 1. The summed E-state index contributed by atoms with van der Waals surface area (Å²) in [5, 5.41) is 32.1. The monoisotopic (exact) mass is 439 g/mol. The van der Waals surface area contributed by atoms with Crippen molar-refractivity contribution in [1.82, 2.24) is 0 Å². The number of rotatable bonds is 6. The van der Waals surface area contributed by atoms with E-state index < -0.39 is 36.0 Å². The van der Waals surface area contributed by atoms with E-state index in [9.17, 15) is 24.9 Å². The fraction of sp³-hybridized carbons (Fsp3) is 0.636. The number of carboxylic acid groups (broad SMARTS) is 1. The highest BCUT2D eigenvalue weighted by Crippen LogP contribution is 2.35. The van der Waals surface area contributed by atoms with E-state index in [1.165, 1.54) is 0 Å². The molecule has 0 unspecified atom stereocenters. The number of aliphatic hydroxyl groups excluding tert-OH is 2. The van der Waals surface area contributed by atoms with Crippen molar-refractivity contribution in [3.05, 3.63) is 18.2 Å². The molecule has 1 saturated heterocycles. The largest absolute Gasteiger partial charge is 0.489 e. The van der Waals surface area contributed by atoms with Crippen LogP contribution in [0.2, 0.25) is 0 Å². The van der Waals surface area contributed by atoms with Crippen molar-refractivity contribution in [2.75, 3.05) is 11.9 Å². The Hall–Kier alpha value is -2.36. The van der Waals surface area contributed by atoms with E-state index in [0.29, 0.717) is 18.0 Å². The van der Waals surface area contributed by atoms with E-state index in [0.717, 1.165) is 0 Å². The Bertz CT molecular complexity index is 796. The fourth-order valence-corrected chi connectivity index (χ4v) is 2.67. The van der Waals surface area contributed by atoms with Crippen LogP contribution in [0.5, 0.6) is 11.5 Å². The number of carbonyl (C=O) groups is 2. The summed E-state index contributed by atoms with van der Waals surface area (Å²) in [6.07, 6.45) is -5.62. The smallest absolute Gasteiger partial charge is 0.335 e. The Labute approximate surface area is 182 Å². The fourth-order valence-electron chi connectivity index (χ4n) is 2.67. The minimum atomic E-state index is -1.52. The minimum Gasteiger partial charge on any atom is -0.489 e.